The van der Waals surface area contributed by atoms with Crippen LogP contribution in [0.2, 0.25) is 0 Å². The van der Waals surface area contributed by atoms with Gasteiger partial charge in [-0.15, -0.1) is 0 Å². The number of furan rings is 1. The Morgan fingerprint density at radius 3 is 2.64 bits per heavy atom. The maximum absolute atomic E-state index is 12.8. The van der Waals surface area contributed by atoms with E-state index in [9.17, 15) is 4.79 Å². The molecule has 1 amide bonds. The Balaban J connectivity index is 1.76. The van der Waals surface area contributed by atoms with Gasteiger partial charge in [0.05, 0.1) is 11.8 Å². The van der Waals surface area contributed by atoms with Gasteiger partial charge in [0.2, 0.25) is 0 Å². The normalized spacial score (nSPS) is 18.1. The SMILES string of the molecule is Cc1[c]c(C(C)C)cc(N2CCN(C(=O)c3ccoc3C)[C@H](C)C2)c1. The predicted molar refractivity (Wildman–Crippen MR) is 100 cm³/mol. The van der Waals surface area contributed by atoms with Crippen molar-refractivity contribution in [1.29, 1.82) is 0 Å². The van der Waals surface area contributed by atoms with Gasteiger partial charge in [0.1, 0.15) is 5.76 Å². The highest BCUT2D eigenvalue weighted by molar-refractivity contribution is 5.95. The van der Waals surface area contributed by atoms with Gasteiger partial charge in [0, 0.05) is 31.4 Å². The molecule has 0 N–H and O–H groups in total. The molecule has 4 nitrogen and oxygen atoms in total. The van der Waals surface area contributed by atoms with Gasteiger partial charge in [-0.1, -0.05) is 13.8 Å². The zero-order valence-electron chi connectivity index (χ0n) is 15.8. The molecule has 2 heterocycles. The van der Waals surface area contributed by atoms with E-state index in [2.05, 4.69) is 50.8 Å². The molecule has 2 aromatic rings. The van der Waals surface area contributed by atoms with Gasteiger partial charge >= 0.3 is 0 Å². The van der Waals surface area contributed by atoms with E-state index in [-0.39, 0.29) is 11.9 Å². The summed E-state index contributed by atoms with van der Waals surface area (Å²) in [6.07, 6.45) is 1.58. The molecular formula is C21H27N2O2. The molecular weight excluding hydrogens is 312 g/mol. The van der Waals surface area contributed by atoms with Crippen LogP contribution in [0.1, 0.15) is 53.9 Å². The van der Waals surface area contributed by atoms with E-state index < -0.39 is 0 Å². The fourth-order valence-corrected chi connectivity index (χ4v) is 3.47. The molecule has 3 rings (SSSR count). The fraction of sp³-hybridized carbons (Fsp3) is 0.476. The van der Waals surface area contributed by atoms with Crippen LogP contribution < -0.4 is 4.90 Å². The minimum absolute atomic E-state index is 0.0684. The molecule has 0 saturated carbocycles. The van der Waals surface area contributed by atoms with Crippen molar-refractivity contribution in [3.8, 4) is 0 Å². The molecule has 1 radical (unpaired) electrons. The molecule has 1 aliphatic heterocycles. The second-order valence-corrected chi connectivity index (χ2v) is 7.32. The summed E-state index contributed by atoms with van der Waals surface area (Å²) < 4.78 is 5.29. The Labute approximate surface area is 150 Å². The quantitative estimate of drug-likeness (QED) is 0.842. The van der Waals surface area contributed by atoms with Crippen LogP contribution in [0.5, 0.6) is 0 Å². The molecule has 133 valence electrons. The second-order valence-electron chi connectivity index (χ2n) is 7.32. The van der Waals surface area contributed by atoms with Crippen LogP contribution >= 0.6 is 0 Å². The number of hydrogen-bond acceptors (Lipinski definition) is 3. The van der Waals surface area contributed by atoms with Gasteiger partial charge in [-0.2, -0.15) is 0 Å². The number of nitrogens with zero attached hydrogens (tertiary/aromatic N) is 2. The number of carbonyl (C=O) groups excluding carboxylic acids is 1. The van der Waals surface area contributed by atoms with Gasteiger partial charge in [0.15, 0.2) is 0 Å². The third-order valence-corrected chi connectivity index (χ3v) is 4.97. The number of amides is 1. The molecule has 1 aliphatic rings. The molecule has 1 aromatic carbocycles. The smallest absolute Gasteiger partial charge is 0.257 e. The number of anilines is 1. The van der Waals surface area contributed by atoms with Gasteiger partial charge in [-0.3, -0.25) is 4.79 Å². The Morgan fingerprint density at radius 1 is 1.28 bits per heavy atom. The van der Waals surface area contributed by atoms with Crippen LogP contribution in [-0.4, -0.2) is 36.5 Å². The third-order valence-electron chi connectivity index (χ3n) is 4.97. The van der Waals surface area contributed by atoms with Gasteiger partial charge in [-0.25, -0.2) is 0 Å². The maximum Gasteiger partial charge on any atom is 0.257 e. The molecule has 1 atom stereocenters. The summed E-state index contributed by atoms with van der Waals surface area (Å²) in [7, 11) is 0. The van der Waals surface area contributed by atoms with E-state index in [1.807, 2.05) is 11.8 Å². The molecule has 0 unspecified atom stereocenters. The highest BCUT2D eigenvalue weighted by Crippen LogP contribution is 2.26. The number of piperazine rings is 1. The van der Waals surface area contributed by atoms with Crippen molar-refractivity contribution in [2.45, 2.75) is 46.6 Å². The molecule has 0 bridgehead atoms. The largest absolute Gasteiger partial charge is 0.469 e. The monoisotopic (exact) mass is 339 g/mol. The standard InChI is InChI=1S/C21H27N2O2/c1-14(2)18-10-15(3)11-19(12-18)22-7-8-23(16(4)13-22)21(24)20-6-9-25-17(20)5/h6,9,11-12,14,16H,7-8,13H2,1-5H3/t16-/m1/s1. The lowest BCUT2D eigenvalue weighted by atomic mass is 9.99. The van der Waals surface area contributed by atoms with Crippen LogP contribution in [0, 0.1) is 19.9 Å². The van der Waals surface area contributed by atoms with E-state index in [1.54, 1.807) is 12.3 Å². The lowest BCUT2D eigenvalue weighted by molar-refractivity contribution is 0.0672. The lowest BCUT2D eigenvalue weighted by Crippen LogP contribution is -2.54. The summed E-state index contributed by atoms with van der Waals surface area (Å²) in [5, 5.41) is 0. The zero-order valence-corrected chi connectivity index (χ0v) is 15.8. The fourth-order valence-electron chi connectivity index (χ4n) is 3.47. The topological polar surface area (TPSA) is 36.7 Å². The highest BCUT2D eigenvalue weighted by atomic mass is 16.3. The first-order chi connectivity index (χ1) is 11.9. The summed E-state index contributed by atoms with van der Waals surface area (Å²) in [5.41, 5.74) is 4.32. The summed E-state index contributed by atoms with van der Waals surface area (Å²) in [6, 6.07) is 9.80. The van der Waals surface area contributed by atoms with Crippen LogP contribution in [0.3, 0.4) is 0 Å². The third kappa shape index (κ3) is 3.58. The van der Waals surface area contributed by atoms with Crippen LogP contribution in [0.15, 0.2) is 28.9 Å². The highest BCUT2D eigenvalue weighted by Gasteiger charge is 2.29. The van der Waals surface area contributed by atoms with Crippen molar-refractivity contribution < 1.29 is 9.21 Å². The first kappa shape index (κ1) is 17.6. The van der Waals surface area contributed by atoms with Gasteiger partial charge in [-0.05, 0) is 62.1 Å². The van der Waals surface area contributed by atoms with E-state index in [1.165, 1.54) is 16.8 Å². The van der Waals surface area contributed by atoms with Crippen molar-refractivity contribution in [3.05, 3.63) is 53.0 Å². The molecule has 4 heteroatoms. The molecule has 0 spiro atoms. The Bertz CT molecular complexity index is 763. The summed E-state index contributed by atoms with van der Waals surface area (Å²) >= 11 is 0. The molecule has 1 fully saturated rings. The van der Waals surface area contributed by atoms with Crippen molar-refractivity contribution in [3.63, 3.8) is 0 Å². The molecule has 1 aromatic heterocycles. The summed E-state index contributed by atoms with van der Waals surface area (Å²) in [5.74, 6) is 1.22. The predicted octanol–water partition coefficient (Wildman–Crippen LogP) is 4.17. The van der Waals surface area contributed by atoms with E-state index in [4.69, 9.17) is 4.42 Å². The first-order valence-electron chi connectivity index (χ1n) is 9.00. The van der Waals surface area contributed by atoms with Crippen LogP contribution in [-0.2, 0) is 0 Å². The molecule has 1 saturated heterocycles. The first-order valence-corrected chi connectivity index (χ1v) is 9.00. The Morgan fingerprint density at radius 2 is 2.04 bits per heavy atom. The number of benzene rings is 1. The maximum atomic E-state index is 12.8. The van der Waals surface area contributed by atoms with E-state index in [0.717, 1.165) is 19.6 Å². The average molecular weight is 339 g/mol. The van der Waals surface area contributed by atoms with Crippen LogP contribution in [0.25, 0.3) is 0 Å². The number of aryl methyl sites for hydroxylation is 2. The average Bonchev–Trinajstić information content (AvgIpc) is 2.99. The Kier molecular flexibility index (Phi) is 4.89. The van der Waals surface area contributed by atoms with E-state index >= 15 is 0 Å². The molecule has 0 aliphatic carbocycles. The van der Waals surface area contributed by atoms with Gasteiger partial charge in [0.25, 0.3) is 5.91 Å². The zero-order chi connectivity index (χ0) is 18.1. The molecule has 25 heavy (non-hydrogen) atoms. The lowest BCUT2D eigenvalue weighted by Gasteiger charge is -2.41. The number of rotatable bonds is 3. The number of hydrogen-bond donors (Lipinski definition) is 0. The van der Waals surface area contributed by atoms with Crippen molar-refractivity contribution >= 4 is 11.6 Å². The van der Waals surface area contributed by atoms with Crippen molar-refractivity contribution in [2.75, 3.05) is 24.5 Å². The minimum atomic E-state index is 0.0684. The van der Waals surface area contributed by atoms with Crippen molar-refractivity contribution in [1.82, 2.24) is 4.90 Å². The summed E-state index contributed by atoms with van der Waals surface area (Å²) in [4.78, 5) is 17.1. The summed E-state index contributed by atoms with van der Waals surface area (Å²) in [6.45, 7) is 12.8. The Hall–Kier alpha value is -2.23. The van der Waals surface area contributed by atoms with E-state index in [0.29, 0.717) is 17.2 Å². The van der Waals surface area contributed by atoms with Crippen LogP contribution in [0.4, 0.5) is 5.69 Å². The van der Waals surface area contributed by atoms with Crippen molar-refractivity contribution in [2.24, 2.45) is 0 Å². The van der Waals surface area contributed by atoms with Gasteiger partial charge < -0.3 is 14.2 Å². The second kappa shape index (κ2) is 6.95. The number of carbonyl (C=O) groups is 1. The minimum Gasteiger partial charge on any atom is -0.469 e.